The van der Waals surface area contributed by atoms with Gasteiger partial charge in [-0.05, 0) is 95.7 Å². The van der Waals surface area contributed by atoms with E-state index in [9.17, 15) is 46.4 Å². The van der Waals surface area contributed by atoms with Crippen LogP contribution >= 0.6 is 0 Å². The van der Waals surface area contributed by atoms with Crippen molar-refractivity contribution in [3.05, 3.63) is 185 Å². The maximum atomic E-state index is 13.0. The van der Waals surface area contributed by atoms with Crippen LogP contribution in [0.1, 0.15) is 140 Å². The van der Waals surface area contributed by atoms with Gasteiger partial charge in [0.1, 0.15) is 69.2 Å². The number of nitrogens with zero attached hydrogens (tertiary/aromatic N) is 12. The zero-order chi connectivity index (χ0) is 94.7. The molecule has 0 spiro atoms. The Morgan fingerprint density at radius 2 is 0.538 bits per heavy atom. The second-order valence-corrected chi connectivity index (χ2v) is 36.1. The van der Waals surface area contributed by atoms with Gasteiger partial charge in [0.25, 0.3) is 0 Å². The van der Waals surface area contributed by atoms with Gasteiger partial charge in [0.15, 0.2) is 37.7 Å². The number of azide groups is 4. The summed E-state index contributed by atoms with van der Waals surface area (Å²) >= 11 is 0. The molecule has 0 bridgehead atoms. The third-order valence-corrected chi connectivity index (χ3v) is 26.8. The van der Waals surface area contributed by atoms with Crippen molar-refractivity contribution in [3.63, 3.8) is 0 Å². The first-order valence-corrected chi connectivity index (χ1v) is 45.6. The molecule has 0 aromatic heterocycles. The summed E-state index contributed by atoms with van der Waals surface area (Å²) in [5.41, 5.74) is 45.4. The van der Waals surface area contributed by atoms with Crippen LogP contribution in [-0.2, 0) is 150 Å². The van der Waals surface area contributed by atoms with Crippen molar-refractivity contribution in [1.29, 1.82) is 0 Å². The number of benzene rings is 4. The van der Waals surface area contributed by atoms with E-state index in [4.69, 9.17) is 104 Å². The molecule has 0 amide bonds. The quantitative estimate of drug-likeness (QED) is 0.0144. The van der Waals surface area contributed by atoms with Gasteiger partial charge in [-0.3, -0.25) is 19.2 Å². The normalized spacial score (nSPS) is 39.3. The van der Waals surface area contributed by atoms with Crippen LogP contribution in [0.2, 0.25) is 0 Å². The molecule has 8 saturated heterocycles. The molecule has 40 atom stereocenters. The number of carbonyl (C=O) groups is 4. The van der Waals surface area contributed by atoms with Gasteiger partial charge in [-0.2, -0.15) is 0 Å². The van der Waals surface area contributed by atoms with Crippen LogP contribution in [-0.4, -0.2) is 246 Å². The molecule has 132 heavy (non-hydrogen) atoms. The van der Waals surface area contributed by atoms with E-state index in [1.54, 1.807) is 41.5 Å². The zero-order valence-corrected chi connectivity index (χ0v) is 77.7. The standard InChI is InChI=1S/C93H128N12O27/c1-46-55(10)119-88(51(6)76(46)115-38-63-30-22-18-23-31-63)127-77-47(2)71(98-102-94)86(123-67(77)42-111-59(14)106)87-72(99-103-95)48(3)78(68(124-87)43-112-60(15)107)128-90-53(8)82(117-40-65-34-26-20-27-35-65)84(57(12)121-90)131-93-74(101-105-97)50(5)80(70(126-93)45-114-62(17)109)130-91-54(9)83(118-41-66-36-28-21-29-37-66)85(58(13)122-91)132-92-73(100-104-96)49(4)79(69(125-92)44-113-61(16)108)129-89-52(7)81(75(110)56(11)120-89)116-39-64-32-24-19-25-33-64/h18-37,46-58,67-93,110H,38-45H2,1-17H3/t46-,47-,48-,49-,50-,51?,52?,53?,54?,55?,56?,57?,58?,67?,68?,69?,70?,71?,72?,73?,74?,75?,76-,77+,78+,79+,80+,81+,82+,83+,84?,85?,86+,87?,88+,89+,90+,91+,92-,93-/m1/s1. The van der Waals surface area contributed by atoms with Gasteiger partial charge in [-0.25, -0.2) is 0 Å². The van der Waals surface area contributed by atoms with Crippen LogP contribution in [0.3, 0.4) is 0 Å². The summed E-state index contributed by atoms with van der Waals surface area (Å²) in [6, 6.07) is 33.5. The van der Waals surface area contributed by atoms with Crippen LogP contribution in [0.25, 0.3) is 41.8 Å². The highest BCUT2D eigenvalue weighted by molar-refractivity contribution is 5.67. The molecule has 4 aromatic carbocycles. The smallest absolute Gasteiger partial charge is 0.302 e. The van der Waals surface area contributed by atoms with Crippen LogP contribution in [0, 0.1) is 53.3 Å². The van der Waals surface area contributed by atoms with Gasteiger partial charge in [-0.1, -0.05) is 204 Å². The Hall–Kier alpha value is -8.76. The topological polar surface area (TPSA) is 487 Å². The van der Waals surface area contributed by atoms with Crippen molar-refractivity contribution >= 4 is 23.9 Å². The Kier molecular flexibility index (Phi) is 37.3. The maximum Gasteiger partial charge on any atom is 0.302 e. The summed E-state index contributed by atoms with van der Waals surface area (Å²) in [5.74, 6) is -8.18. The van der Waals surface area contributed by atoms with Crippen molar-refractivity contribution in [2.75, 3.05) is 26.4 Å². The first-order valence-electron chi connectivity index (χ1n) is 45.6. The molecule has 722 valence electrons. The summed E-state index contributed by atoms with van der Waals surface area (Å²) in [5, 5.41) is 28.8. The SMILES string of the molecule is CC(=O)OCC1OC([C@H]2OC(COC(C)=O)[C@@H](O[C@@H]3OC(C)[C@@H](C)[C@@H](OCc4ccccc4)C3C)[C@H](C)C2N=[N+]=[N-])C(N=[N+]=[N-])[C@@H](C)[C@@H]1O[C@@H]1OC(C)C(O[C@H]2OC(COC(C)=O)[C@@H](O[C@@H]3OC(C)C(O[C@H]4OC(COC(C)=O)[C@@H](O[C@@H]5OC(C)C(O)[C@@H](OCc6ccccc6)C5C)[C@H](C)C4N=[N+]=[N-])[C@@H](OCc4ccccc4)C3C)[C@H](C)C2N=[N+]=[N-])[C@@H](OCc2ccccc2)C1C. The first-order chi connectivity index (χ1) is 63.4. The van der Waals surface area contributed by atoms with E-state index in [2.05, 4.69) is 47.0 Å². The largest absolute Gasteiger partial charge is 0.463 e. The molecule has 0 radical (unpaired) electrons. The number of carbonyl (C=O) groups excluding carboxylic acids is 4. The van der Waals surface area contributed by atoms with Crippen molar-refractivity contribution in [1.82, 2.24) is 0 Å². The van der Waals surface area contributed by atoms with Gasteiger partial charge in [0.2, 0.25) is 0 Å². The van der Waals surface area contributed by atoms with Gasteiger partial charge < -0.3 is 109 Å². The second-order valence-electron chi connectivity index (χ2n) is 36.1. The van der Waals surface area contributed by atoms with Crippen molar-refractivity contribution in [2.24, 2.45) is 73.7 Å². The maximum absolute atomic E-state index is 13.0. The molecule has 8 heterocycles. The summed E-state index contributed by atoms with van der Waals surface area (Å²) in [6.45, 7) is 28.0. The van der Waals surface area contributed by atoms with E-state index in [1.165, 1.54) is 27.7 Å². The second kappa shape index (κ2) is 48.1. The number of aliphatic hydroxyl groups excluding tert-OH is 1. The minimum atomic E-state index is -1.43. The van der Waals surface area contributed by atoms with E-state index in [0.29, 0.717) is 6.61 Å². The Morgan fingerprint density at radius 3 is 0.848 bits per heavy atom. The van der Waals surface area contributed by atoms with Gasteiger partial charge in [0.05, 0.1) is 136 Å². The average Bonchev–Trinajstić information content (AvgIpc) is 0.754. The fourth-order valence-electron chi connectivity index (χ4n) is 19.3. The van der Waals surface area contributed by atoms with E-state index < -0.39 is 256 Å². The molecule has 12 rings (SSSR count). The third kappa shape index (κ3) is 25.3. The number of ether oxygens (including phenoxy) is 22. The van der Waals surface area contributed by atoms with E-state index in [1.807, 2.05) is 163 Å². The highest BCUT2D eigenvalue weighted by atomic mass is 16.8. The van der Waals surface area contributed by atoms with Crippen molar-refractivity contribution in [2.45, 2.75) is 334 Å². The van der Waals surface area contributed by atoms with Gasteiger partial charge in [-0.15, -0.1) is 0 Å². The number of hydrogen-bond acceptors (Lipinski definition) is 31. The molecule has 8 aliphatic rings. The van der Waals surface area contributed by atoms with Crippen LogP contribution < -0.4 is 0 Å². The Morgan fingerprint density at radius 1 is 0.288 bits per heavy atom. The lowest BCUT2D eigenvalue weighted by Crippen LogP contribution is -2.66. The molecule has 0 aliphatic carbocycles. The van der Waals surface area contributed by atoms with Crippen LogP contribution in [0.4, 0.5) is 0 Å². The Bertz CT molecular complexity index is 4550. The summed E-state index contributed by atoms with van der Waals surface area (Å²) in [4.78, 5) is 64.6. The number of esters is 4. The fraction of sp³-hybridized carbons (Fsp3) is 0.699. The van der Waals surface area contributed by atoms with Gasteiger partial charge in [0, 0.05) is 76.9 Å². The van der Waals surface area contributed by atoms with Crippen molar-refractivity contribution in [3.8, 4) is 0 Å². The molecule has 4 aromatic rings. The Balaban J connectivity index is 0.785. The molecule has 39 nitrogen and oxygen atoms in total. The predicted molar refractivity (Wildman–Crippen MR) is 468 cm³/mol. The van der Waals surface area contributed by atoms with Gasteiger partial charge >= 0.3 is 23.9 Å². The monoisotopic (exact) mass is 1840 g/mol. The fourth-order valence-corrected chi connectivity index (χ4v) is 19.3. The molecular weight excluding hydrogens is 1720 g/mol. The van der Waals surface area contributed by atoms with E-state index in [-0.39, 0.29) is 57.1 Å². The highest BCUT2D eigenvalue weighted by Crippen LogP contribution is 2.48. The zero-order valence-electron chi connectivity index (χ0n) is 77.7. The summed E-state index contributed by atoms with van der Waals surface area (Å²) in [7, 11) is 0. The third-order valence-electron chi connectivity index (χ3n) is 26.8. The first kappa shape index (κ1) is 102. The van der Waals surface area contributed by atoms with Crippen LogP contribution in [0.15, 0.2) is 142 Å². The van der Waals surface area contributed by atoms with E-state index in [0.717, 1.165) is 22.3 Å². The summed E-state index contributed by atoms with van der Waals surface area (Å²) in [6.07, 6.45) is -27.2. The molecule has 1 N–H and O–H groups in total. The molecule has 20 unspecified atom stereocenters. The minimum Gasteiger partial charge on any atom is -0.463 e. The number of hydrogen-bond donors (Lipinski definition) is 1. The highest BCUT2D eigenvalue weighted by Gasteiger charge is 2.60. The lowest BCUT2D eigenvalue weighted by molar-refractivity contribution is -0.370. The summed E-state index contributed by atoms with van der Waals surface area (Å²) < 4.78 is 147. The number of rotatable bonds is 37. The molecule has 8 fully saturated rings. The number of aliphatic hydroxyl groups is 1. The molecule has 39 heteroatoms. The average molecular weight is 1850 g/mol. The lowest BCUT2D eigenvalue weighted by atomic mass is 9.77. The van der Waals surface area contributed by atoms with Crippen molar-refractivity contribution < 1.29 is 128 Å². The molecular formula is C93H128N12O27. The van der Waals surface area contributed by atoms with Crippen LogP contribution in [0.5, 0.6) is 0 Å². The molecule has 0 saturated carbocycles. The minimum absolute atomic E-state index is 0.0360. The predicted octanol–water partition coefficient (Wildman–Crippen LogP) is 13.7. The Labute approximate surface area is 768 Å². The lowest BCUT2D eigenvalue weighted by Gasteiger charge is -2.53. The van der Waals surface area contributed by atoms with E-state index >= 15 is 0 Å². The molecule has 8 aliphatic heterocycles.